The van der Waals surface area contributed by atoms with Gasteiger partial charge in [0, 0.05) is 37.9 Å². The maximum absolute atomic E-state index is 12.6. The Hall–Kier alpha value is -3.15. The highest BCUT2D eigenvalue weighted by atomic mass is 16.5. The standard InChI is InChI=1S/C23H28N2O4/c1-17-7-5-6-8-19(17)24-11-13-25(14-12-24)22(26)10-9-18-15-20(27-2)23(29-4)21(16-18)28-3/h5-10,15-16H,11-14H2,1-4H3/b10-9+. The van der Waals surface area contributed by atoms with E-state index in [0.29, 0.717) is 30.3 Å². The first-order chi connectivity index (χ1) is 14.1. The number of anilines is 1. The molecule has 0 saturated carbocycles. The van der Waals surface area contributed by atoms with Gasteiger partial charge in [-0.15, -0.1) is 0 Å². The van der Waals surface area contributed by atoms with Gasteiger partial charge in [-0.2, -0.15) is 0 Å². The molecule has 154 valence electrons. The van der Waals surface area contributed by atoms with Gasteiger partial charge < -0.3 is 24.0 Å². The number of hydrogen-bond donors (Lipinski definition) is 0. The van der Waals surface area contributed by atoms with Crippen molar-refractivity contribution < 1.29 is 19.0 Å². The fraction of sp³-hybridized carbons (Fsp3) is 0.348. The predicted octanol–water partition coefficient (Wildman–Crippen LogP) is 3.38. The van der Waals surface area contributed by atoms with Crippen molar-refractivity contribution in [3.8, 4) is 17.2 Å². The lowest BCUT2D eigenvalue weighted by Gasteiger charge is -2.36. The van der Waals surface area contributed by atoms with E-state index in [1.54, 1.807) is 33.5 Å². The number of methoxy groups -OCH3 is 3. The molecule has 1 heterocycles. The number of ether oxygens (including phenoxy) is 3. The molecule has 2 aromatic carbocycles. The molecule has 0 bridgehead atoms. The number of benzene rings is 2. The van der Waals surface area contributed by atoms with Crippen LogP contribution in [0.2, 0.25) is 0 Å². The van der Waals surface area contributed by atoms with Crippen LogP contribution in [0, 0.1) is 6.92 Å². The lowest BCUT2D eigenvalue weighted by molar-refractivity contribution is -0.126. The molecule has 2 aromatic rings. The van der Waals surface area contributed by atoms with Gasteiger partial charge in [-0.1, -0.05) is 18.2 Å². The van der Waals surface area contributed by atoms with Gasteiger partial charge in [0.1, 0.15) is 0 Å². The summed E-state index contributed by atoms with van der Waals surface area (Å²) < 4.78 is 16.1. The van der Waals surface area contributed by atoms with Gasteiger partial charge in [0.05, 0.1) is 21.3 Å². The Morgan fingerprint density at radius 1 is 0.931 bits per heavy atom. The summed E-state index contributed by atoms with van der Waals surface area (Å²) in [4.78, 5) is 16.9. The van der Waals surface area contributed by atoms with Crippen LogP contribution in [-0.2, 0) is 4.79 Å². The van der Waals surface area contributed by atoms with Gasteiger partial charge in [-0.3, -0.25) is 4.79 Å². The highest BCUT2D eigenvalue weighted by Crippen LogP contribution is 2.38. The van der Waals surface area contributed by atoms with Crippen molar-refractivity contribution in [2.75, 3.05) is 52.4 Å². The van der Waals surface area contributed by atoms with Crippen molar-refractivity contribution in [2.24, 2.45) is 0 Å². The third-order valence-corrected chi connectivity index (χ3v) is 5.15. The Morgan fingerprint density at radius 3 is 2.10 bits per heavy atom. The maximum Gasteiger partial charge on any atom is 0.246 e. The second-order valence-electron chi connectivity index (χ2n) is 6.89. The summed E-state index contributed by atoms with van der Waals surface area (Å²) in [5.41, 5.74) is 3.31. The predicted molar refractivity (Wildman–Crippen MR) is 115 cm³/mol. The molecule has 1 saturated heterocycles. The van der Waals surface area contributed by atoms with E-state index in [9.17, 15) is 4.79 Å². The molecule has 1 amide bonds. The topological polar surface area (TPSA) is 51.2 Å². The van der Waals surface area contributed by atoms with Crippen molar-refractivity contribution >= 4 is 17.7 Å². The van der Waals surface area contributed by atoms with E-state index in [1.165, 1.54) is 11.3 Å². The lowest BCUT2D eigenvalue weighted by Crippen LogP contribution is -2.48. The molecule has 3 rings (SSSR count). The number of aryl methyl sites for hydroxylation is 1. The summed E-state index contributed by atoms with van der Waals surface area (Å²) in [6, 6.07) is 12.0. The Morgan fingerprint density at radius 2 is 1.55 bits per heavy atom. The van der Waals surface area contributed by atoms with E-state index in [0.717, 1.165) is 18.7 Å². The maximum atomic E-state index is 12.6. The summed E-state index contributed by atoms with van der Waals surface area (Å²) in [5, 5.41) is 0. The monoisotopic (exact) mass is 396 g/mol. The average molecular weight is 396 g/mol. The molecule has 6 nitrogen and oxygen atoms in total. The van der Waals surface area contributed by atoms with E-state index in [1.807, 2.05) is 23.1 Å². The zero-order valence-electron chi connectivity index (χ0n) is 17.5. The van der Waals surface area contributed by atoms with Crippen molar-refractivity contribution in [1.29, 1.82) is 0 Å². The Kier molecular flexibility index (Phi) is 6.65. The van der Waals surface area contributed by atoms with Crippen LogP contribution >= 0.6 is 0 Å². The molecule has 0 radical (unpaired) electrons. The summed E-state index contributed by atoms with van der Waals surface area (Å²) in [5.74, 6) is 1.66. The van der Waals surface area contributed by atoms with Gasteiger partial charge >= 0.3 is 0 Å². The largest absolute Gasteiger partial charge is 0.493 e. The highest BCUT2D eigenvalue weighted by Gasteiger charge is 2.20. The lowest BCUT2D eigenvalue weighted by atomic mass is 10.1. The molecule has 0 spiro atoms. The van der Waals surface area contributed by atoms with Crippen LogP contribution in [0.5, 0.6) is 17.2 Å². The van der Waals surface area contributed by atoms with E-state index in [-0.39, 0.29) is 5.91 Å². The van der Waals surface area contributed by atoms with Gasteiger partial charge in [0.2, 0.25) is 11.7 Å². The minimum Gasteiger partial charge on any atom is -0.493 e. The summed E-state index contributed by atoms with van der Waals surface area (Å²) in [7, 11) is 4.71. The molecule has 0 aliphatic carbocycles. The number of carbonyl (C=O) groups is 1. The van der Waals surface area contributed by atoms with Crippen molar-refractivity contribution in [3.05, 3.63) is 53.6 Å². The number of para-hydroxylation sites is 1. The fourth-order valence-electron chi connectivity index (χ4n) is 3.56. The SMILES string of the molecule is COc1cc(/C=C/C(=O)N2CCN(c3ccccc3C)CC2)cc(OC)c1OC. The molecule has 0 unspecified atom stereocenters. The third kappa shape index (κ3) is 4.65. The number of piperazine rings is 1. The minimum absolute atomic E-state index is 0.00295. The summed E-state index contributed by atoms with van der Waals surface area (Å²) >= 11 is 0. The van der Waals surface area contributed by atoms with Crippen LogP contribution in [0.25, 0.3) is 6.08 Å². The van der Waals surface area contributed by atoms with Crippen LogP contribution in [0.1, 0.15) is 11.1 Å². The van der Waals surface area contributed by atoms with Crippen LogP contribution in [-0.4, -0.2) is 58.3 Å². The minimum atomic E-state index is 0.00295. The number of nitrogens with zero attached hydrogens (tertiary/aromatic N) is 2. The van der Waals surface area contributed by atoms with Gasteiger partial charge in [0.25, 0.3) is 0 Å². The van der Waals surface area contributed by atoms with Crippen LogP contribution in [0.4, 0.5) is 5.69 Å². The summed E-state index contributed by atoms with van der Waals surface area (Å²) in [6.07, 6.45) is 3.38. The normalized spacial score (nSPS) is 14.2. The van der Waals surface area contributed by atoms with Gasteiger partial charge in [-0.25, -0.2) is 0 Å². The molecule has 29 heavy (non-hydrogen) atoms. The van der Waals surface area contributed by atoms with E-state index < -0.39 is 0 Å². The molecular weight excluding hydrogens is 368 g/mol. The van der Waals surface area contributed by atoms with Gasteiger partial charge in [-0.05, 0) is 42.3 Å². The number of rotatable bonds is 6. The zero-order valence-corrected chi connectivity index (χ0v) is 17.5. The van der Waals surface area contributed by atoms with Crippen LogP contribution in [0.3, 0.4) is 0 Å². The van der Waals surface area contributed by atoms with E-state index in [4.69, 9.17) is 14.2 Å². The first-order valence-electron chi connectivity index (χ1n) is 9.65. The Labute approximate surface area is 172 Å². The third-order valence-electron chi connectivity index (χ3n) is 5.15. The van der Waals surface area contributed by atoms with Crippen LogP contribution < -0.4 is 19.1 Å². The van der Waals surface area contributed by atoms with Gasteiger partial charge in [0.15, 0.2) is 11.5 Å². The Bertz CT molecular complexity index is 861. The highest BCUT2D eigenvalue weighted by molar-refractivity contribution is 5.92. The number of carbonyl (C=O) groups excluding carboxylic acids is 1. The fourth-order valence-corrected chi connectivity index (χ4v) is 3.56. The molecule has 1 fully saturated rings. The molecule has 1 aliphatic heterocycles. The number of amides is 1. The second-order valence-corrected chi connectivity index (χ2v) is 6.89. The first kappa shape index (κ1) is 20.6. The number of hydrogen-bond acceptors (Lipinski definition) is 5. The molecule has 6 heteroatoms. The molecule has 0 N–H and O–H groups in total. The molecule has 1 aliphatic rings. The van der Waals surface area contributed by atoms with Crippen molar-refractivity contribution in [2.45, 2.75) is 6.92 Å². The molecule has 0 atom stereocenters. The Balaban J connectivity index is 1.65. The quantitative estimate of drug-likeness (QED) is 0.701. The van der Waals surface area contributed by atoms with E-state index in [2.05, 4.69) is 30.0 Å². The van der Waals surface area contributed by atoms with Crippen LogP contribution in [0.15, 0.2) is 42.5 Å². The summed E-state index contributed by atoms with van der Waals surface area (Å²) in [6.45, 7) is 5.18. The molecular formula is C23H28N2O4. The van der Waals surface area contributed by atoms with Crippen molar-refractivity contribution in [3.63, 3.8) is 0 Å². The average Bonchev–Trinajstić information content (AvgIpc) is 2.77. The zero-order chi connectivity index (χ0) is 20.8. The van der Waals surface area contributed by atoms with E-state index >= 15 is 0 Å². The molecule has 0 aromatic heterocycles. The smallest absolute Gasteiger partial charge is 0.246 e. The van der Waals surface area contributed by atoms with Crippen molar-refractivity contribution in [1.82, 2.24) is 4.90 Å². The first-order valence-corrected chi connectivity index (χ1v) is 9.65. The second kappa shape index (κ2) is 9.37.